The van der Waals surface area contributed by atoms with E-state index in [1.807, 2.05) is 12.3 Å². The Morgan fingerprint density at radius 3 is 3.10 bits per heavy atom. The van der Waals surface area contributed by atoms with Crippen LogP contribution in [0.3, 0.4) is 0 Å². The number of ether oxygens (including phenoxy) is 2. The third-order valence-corrected chi connectivity index (χ3v) is 3.82. The van der Waals surface area contributed by atoms with Gasteiger partial charge in [-0.1, -0.05) is 5.11 Å². The molecule has 3 atom stereocenters. The summed E-state index contributed by atoms with van der Waals surface area (Å²) in [7, 11) is 0. The molecule has 2 rings (SSSR count). The topological polar surface area (TPSA) is 97.2 Å². The molecule has 1 aromatic rings. The van der Waals surface area contributed by atoms with E-state index < -0.39 is 0 Å². The van der Waals surface area contributed by atoms with E-state index in [1.165, 1.54) is 6.92 Å². The molecule has 3 unspecified atom stereocenters. The molecule has 1 aliphatic rings. The molecule has 7 nitrogen and oxygen atoms in total. The summed E-state index contributed by atoms with van der Waals surface area (Å²) in [5, 5.41) is 6.69. The average Bonchev–Trinajstić information content (AvgIpc) is 2.83. The van der Waals surface area contributed by atoms with E-state index in [0.29, 0.717) is 12.8 Å². The quantitative estimate of drug-likeness (QED) is 0.369. The SMILES string of the molecule is CC(=O)OCC1CC(N=[N+]=[N-])CC(c2csc(C)n2)O1. The van der Waals surface area contributed by atoms with Crippen molar-refractivity contribution in [2.75, 3.05) is 6.61 Å². The molecule has 1 saturated heterocycles. The number of aromatic nitrogens is 1. The van der Waals surface area contributed by atoms with Crippen molar-refractivity contribution in [1.29, 1.82) is 0 Å². The summed E-state index contributed by atoms with van der Waals surface area (Å²) >= 11 is 1.55. The van der Waals surface area contributed by atoms with Crippen molar-refractivity contribution in [1.82, 2.24) is 4.98 Å². The molecule has 0 radical (unpaired) electrons. The molecule has 0 bridgehead atoms. The van der Waals surface area contributed by atoms with E-state index in [4.69, 9.17) is 15.0 Å². The predicted octanol–water partition coefficient (Wildman–Crippen LogP) is 2.91. The Morgan fingerprint density at radius 2 is 2.50 bits per heavy atom. The summed E-state index contributed by atoms with van der Waals surface area (Å²) in [5.41, 5.74) is 9.45. The zero-order chi connectivity index (χ0) is 14.5. The molecule has 1 aliphatic heterocycles. The van der Waals surface area contributed by atoms with E-state index >= 15 is 0 Å². The van der Waals surface area contributed by atoms with Gasteiger partial charge in [-0.2, -0.15) is 0 Å². The molecule has 2 heterocycles. The average molecular weight is 296 g/mol. The van der Waals surface area contributed by atoms with Crippen molar-refractivity contribution in [3.8, 4) is 0 Å². The Kier molecular flexibility index (Phi) is 4.94. The second-order valence-corrected chi connectivity index (χ2v) is 5.73. The minimum atomic E-state index is -0.347. The molecule has 1 fully saturated rings. The van der Waals surface area contributed by atoms with Crippen LogP contribution in [0.1, 0.15) is 36.6 Å². The Balaban J connectivity index is 2.07. The number of nitrogens with zero attached hydrogens (tertiary/aromatic N) is 4. The van der Waals surface area contributed by atoms with Crippen LogP contribution in [0, 0.1) is 6.92 Å². The highest BCUT2D eigenvalue weighted by molar-refractivity contribution is 7.09. The third kappa shape index (κ3) is 3.93. The highest BCUT2D eigenvalue weighted by Crippen LogP contribution is 2.33. The monoisotopic (exact) mass is 296 g/mol. The van der Waals surface area contributed by atoms with Crippen molar-refractivity contribution in [3.05, 3.63) is 26.5 Å². The van der Waals surface area contributed by atoms with Gasteiger partial charge in [0.05, 0.1) is 16.8 Å². The minimum Gasteiger partial charge on any atom is -0.463 e. The second-order valence-electron chi connectivity index (χ2n) is 4.67. The van der Waals surface area contributed by atoms with Crippen molar-refractivity contribution >= 4 is 17.3 Å². The summed E-state index contributed by atoms with van der Waals surface area (Å²) < 4.78 is 10.9. The van der Waals surface area contributed by atoms with Gasteiger partial charge >= 0.3 is 5.97 Å². The fourth-order valence-corrected chi connectivity index (χ4v) is 2.85. The van der Waals surface area contributed by atoms with Gasteiger partial charge in [0.15, 0.2) is 0 Å². The Hall–Kier alpha value is -1.63. The molecule has 108 valence electrons. The fourth-order valence-electron chi connectivity index (χ4n) is 2.19. The van der Waals surface area contributed by atoms with Gasteiger partial charge in [0.25, 0.3) is 0 Å². The van der Waals surface area contributed by atoms with Crippen LogP contribution >= 0.6 is 11.3 Å². The van der Waals surface area contributed by atoms with Gasteiger partial charge in [0.1, 0.15) is 12.7 Å². The summed E-state index contributed by atoms with van der Waals surface area (Å²) in [5.74, 6) is -0.347. The first-order valence-corrected chi connectivity index (χ1v) is 7.21. The molecule has 1 aromatic heterocycles. The van der Waals surface area contributed by atoms with E-state index in [0.717, 1.165) is 10.7 Å². The van der Waals surface area contributed by atoms with Crippen molar-refractivity contribution in [3.63, 3.8) is 0 Å². The molecule has 8 heteroatoms. The lowest BCUT2D eigenvalue weighted by molar-refractivity contribution is -0.150. The Morgan fingerprint density at radius 1 is 1.70 bits per heavy atom. The summed E-state index contributed by atoms with van der Waals surface area (Å²) in [6, 6.07) is -0.165. The summed E-state index contributed by atoms with van der Waals surface area (Å²) in [4.78, 5) is 18.2. The van der Waals surface area contributed by atoms with Crippen LogP contribution in [0.5, 0.6) is 0 Å². The van der Waals surface area contributed by atoms with Crippen LogP contribution in [-0.4, -0.2) is 29.7 Å². The normalized spacial score (nSPS) is 25.8. The molecule has 0 spiro atoms. The van der Waals surface area contributed by atoms with Gasteiger partial charge < -0.3 is 9.47 Å². The molecular formula is C12H16N4O3S. The van der Waals surface area contributed by atoms with Crippen LogP contribution in [0.25, 0.3) is 10.4 Å². The van der Waals surface area contributed by atoms with Crippen molar-refractivity contribution in [2.45, 2.75) is 44.9 Å². The number of esters is 1. The van der Waals surface area contributed by atoms with E-state index in [2.05, 4.69) is 15.0 Å². The number of hydrogen-bond donors (Lipinski definition) is 0. The summed E-state index contributed by atoms with van der Waals surface area (Å²) in [6.45, 7) is 3.46. The molecule has 0 amide bonds. The predicted molar refractivity (Wildman–Crippen MR) is 73.3 cm³/mol. The maximum atomic E-state index is 10.9. The molecule has 0 aromatic carbocycles. The Labute approximate surface area is 120 Å². The van der Waals surface area contributed by atoms with Gasteiger partial charge in [0.2, 0.25) is 0 Å². The molecule has 0 saturated carbocycles. The Bertz CT molecular complexity index is 527. The number of carbonyl (C=O) groups is 1. The third-order valence-electron chi connectivity index (χ3n) is 3.03. The van der Waals surface area contributed by atoms with Crippen LogP contribution in [0.15, 0.2) is 10.5 Å². The molecular weight excluding hydrogens is 280 g/mol. The number of rotatable bonds is 4. The number of azide groups is 1. The second kappa shape index (κ2) is 6.69. The minimum absolute atomic E-state index is 0.165. The lowest BCUT2D eigenvalue weighted by atomic mass is 9.98. The maximum Gasteiger partial charge on any atom is 0.302 e. The lowest BCUT2D eigenvalue weighted by Crippen LogP contribution is -2.34. The van der Waals surface area contributed by atoms with Crippen LogP contribution in [0.4, 0.5) is 0 Å². The lowest BCUT2D eigenvalue weighted by Gasteiger charge is -2.32. The van der Waals surface area contributed by atoms with Gasteiger partial charge in [-0.3, -0.25) is 4.79 Å². The van der Waals surface area contributed by atoms with E-state index in [9.17, 15) is 4.79 Å². The molecule has 0 aliphatic carbocycles. The van der Waals surface area contributed by atoms with Gasteiger partial charge in [-0.15, -0.1) is 11.3 Å². The number of thiazole rings is 1. The highest BCUT2D eigenvalue weighted by atomic mass is 32.1. The molecule has 0 N–H and O–H groups in total. The first-order valence-electron chi connectivity index (χ1n) is 6.33. The van der Waals surface area contributed by atoms with E-state index in [-0.39, 0.29) is 30.8 Å². The summed E-state index contributed by atoms with van der Waals surface area (Å²) in [6.07, 6.45) is 0.667. The number of aryl methyl sites for hydroxylation is 1. The van der Waals surface area contributed by atoms with Crippen LogP contribution in [0.2, 0.25) is 0 Å². The van der Waals surface area contributed by atoms with Crippen molar-refractivity contribution in [2.24, 2.45) is 5.11 Å². The largest absolute Gasteiger partial charge is 0.463 e. The number of hydrogen-bond acceptors (Lipinski definition) is 6. The standard InChI is InChI=1S/C12H16N4O3S/c1-7-14-11(6-20-7)12-4-9(15-16-13)3-10(19-12)5-18-8(2)17/h6,9-10,12H,3-5H2,1-2H3. The van der Waals surface area contributed by atoms with Gasteiger partial charge in [-0.25, -0.2) is 4.98 Å². The number of carbonyl (C=O) groups excluding carboxylic acids is 1. The van der Waals surface area contributed by atoms with Gasteiger partial charge in [0, 0.05) is 23.3 Å². The zero-order valence-corrected chi connectivity index (χ0v) is 12.2. The fraction of sp³-hybridized carbons (Fsp3) is 0.667. The first-order chi connectivity index (χ1) is 9.58. The highest BCUT2D eigenvalue weighted by Gasteiger charge is 2.31. The van der Waals surface area contributed by atoms with Crippen LogP contribution in [-0.2, 0) is 14.3 Å². The maximum absolute atomic E-state index is 10.9. The van der Waals surface area contributed by atoms with Crippen molar-refractivity contribution < 1.29 is 14.3 Å². The molecule has 20 heavy (non-hydrogen) atoms. The van der Waals surface area contributed by atoms with E-state index in [1.54, 1.807) is 11.3 Å². The zero-order valence-electron chi connectivity index (χ0n) is 11.4. The van der Waals surface area contributed by atoms with Crippen LogP contribution < -0.4 is 0 Å². The first kappa shape index (κ1) is 14.8. The smallest absolute Gasteiger partial charge is 0.302 e. The van der Waals surface area contributed by atoms with Gasteiger partial charge in [-0.05, 0) is 25.3 Å².